The Hall–Kier alpha value is -1.39. The van der Waals surface area contributed by atoms with Gasteiger partial charge in [-0.05, 0) is 44.9 Å². The second kappa shape index (κ2) is 59.9. The van der Waals surface area contributed by atoms with E-state index in [1.807, 2.05) is 6.08 Å². The fraction of sp³-hybridized carbons (Fsp3) is 0.891. The van der Waals surface area contributed by atoms with Crippen molar-refractivity contribution in [3.05, 3.63) is 36.5 Å². The summed E-state index contributed by atoms with van der Waals surface area (Å²) in [5.74, 6) is -0.0721. The number of hydrogen-bond acceptors (Lipinski definition) is 3. The molecular formula is C64H123NO3. The highest BCUT2D eigenvalue weighted by Crippen LogP contribution is 2.18. The Morgan fingerprint density at radius 3 is 0.853 bits per heavy atom. The minimum Gasteiger partial charge on any atom is -0.394 e. The Balaban J connectivity index is 3.38. The molecule has 0 aliphatic heterocycles. The van der Waals surface area contributed by atoms with Crippen molar-refractivity contribution in [2.24, 2.45) is 0 Å². The molecule has 402 valence electrons. The van der Waals surface area contributed by atoms with Crippen molar-refractivity contribution in [2.75, 3.05) is 6.61 Å². The molecule has 0 saturated carbocycles. The molecule has 0 aromatic heterocycles. The summed E-state index contributed by atoms with van der Waals surface area (Å²) < 4.78 is 0. The van der Waals surface area contributed by atoms with Crippen LogP contribution >= 0.6 is 0 Å². The summed E-state index contributed by atoms with van der Waals surface area (Å²) >= 11 is 0. The summed E-state index contributed by atoms with van der Waals surface area (Å²) in [6.45, 7) is 4.31. The molecule has 1 amide bonds. The van der Waals surface area contributed by atoms with E-state index < -0.39 is 12.1 Å². The standard InChI is InChI=1S/C64H123NO3/c1-3-5-7-9-11-13-15-17-19-21-22-23-24-25-26-27-28-29-30-31-32-33-34-35-36-37-38-39-40-41-42-43-44-46-48-50-52-54-56-58-60-64(68)65-62(61-66)63(67)59-57-55-53-51-49-47-45-20-18-16-14-12-10-8-6-4-2/h18,20,49,51,57,59,62-63,66-67H,3-17,19,21-48,50,52-56,58,60-61H2,1-2H3,(H,65,68)/b20-18+,51-49+,59-57+. The van der Waals surface area contributed by atoms with Gasteiger partial charge in [-0.2, -0.15) is 0 Å². The van der Waals surface area contributed by atoms with E-state index in [0.29, 0.717) is 6.42 Å². The number of carbonyl (C=O) groups excluding carboxylic acids is 1. The van der Waals surface area contributed by atoms with Crippen LogP contribution in [0.25, 0.3) is 0 Å². The highest BCUT2D eigenvalue weighted by atomic mass is 16.3. The molecule has 2 atom stereocenters. The molecule has 0 aromatic carbocycles. The zero-order chi connectivity index (χ0) is 49.2. The molecule has 3 N–H and O–H groups in total. The summed E-state index contributed by atoms with van der Waals surface area (Å²) in [5, 5.41) is 23.1. The number of nitrogens with one attached hydrogen (secondary N) is 1. The molecule has 2 unspecified atom stereocenters. The monoisotopic (exact) mass is 954 g/mol. The van der Waals surface area contributed by atoms with Gasteiger partial charge in [-0.1, -0.05) is 333 Å². The smallest absolute Gasteiger partial charge is 0.220 e. The van der Waals surface area contributed by atoms with Gasteiger partial charge in [-0.15, -0.1) is 0 Å². The molecule has 0 bridgehead atoms. The first-order valence-electron chi connectivity index (χ1n) is 31.2. The van der Waals surface area contributed by atoms with Crippen molar-refractivity contribution in [1.29, 1.82) is 0 Å². The quantitative estimate of drug-likeness (QED) is 0.0420. The van der Waals surface area contributed by atoms with Crippen LogP contribution in [0.1, 0.15) is 348 Å². The van der Waals surface area contributed by atoms with E-state index in [0.717, 1.165) is 38.5 Å². The first-order chi connectivity index (χ1) is 33.7. The lowest BCUT2D eigenvalue weighted by Gasteiger charge is -2.19. The number of amides is 1. The summed E-state index contributed by atoms with van der Waals surface area (Å²) in [6.07, 6.45) is 82.2. The van der Waals surface area contributed by atoms with Crippen LogP contribution < -0.4 is 5.32 Å². The predicted molar refractivity (Wildman–Crippen MR) is 304 cm³/mol. The van der Waals surface area contributed by atoms with Crippen LogP contribution in [0, 0.1) is 0 Å². The Kier molecular flexibility index (Phi) is 58.7. The molecule has 68 heavy (non-hydrogen) atoms. The number of carbonyl (C=O) groups is 1. The van der Waals surface area contributed by atoms with Crippen molar-refractivity contribution in [3.8, 4) is 0 Å². The molecular weight excluding hydrogens is 831 g/mol. The predicted octanol–water partition coefficient (Wildman–Crippen LogP) is 20.8. The largest absolute Gasteiger partial charge is 0.394 e. The Labute approximate surface area is 427 Å². The lowest BCUT2D eigenvalue weighted by atomic mass is 10.0. The van der Waals surface area contributed by atoms with E-state index in [4.69, 9.17) is 0 Å². The summed E-state index contributed by atoms with van der Waals surface area (Å²) in [5.41, 5.74) is 0. The molecule has 4 nitrogen and oxygen atoms in total. The normalized spacial score (nSPS) is 12.9. The maximum Gasteiger partial charge on any atom is 0.220 e. The van der Waals surface area contributed by atoms with Gasteiger partial charge >= 0.3 is 0 Å². The summed E-state index contributed by atoms with van der Waals surface area (Å²) in [4.78, 5) is 12.5. The first kappa shape index (κ1) is 66.6. The second-order valence-electron chi connectivity index (χ2n) is 21.5. The summed E-state index contributed by atoms with van der Waals surface area (Å²) in [7, 11) is 0. The number of hydrogen-bond donors (Lipinski definition) is 3. The number of aliphatic hydroxyl groups is 2. The van der Waals surface area contributed by atoms with Crippen LogP contribution in [-0.4, -0.2) is 34.9 Å². The molecule has 0 spiro atoms. The maximum atomic E-state index is 12.5. The van der Waals surface area contributed by atoms with Crippen LogP contribution in [0.15, 0.2) is 36.5 Å². The molecule has 0 aliphatic rings. The first-order valence-corrected chi connectivity index (χ1v) is 31.2. The molecule has 0 radical (unpaired) electrons. The zero-order valence-electron chi connectivity index (χ0n) is 46.4. The third kappa shape index (κ3) is 55.5. The molecule has 0 aliphatic carbocycles. The number of allylic oxidation sites excluding steroid dienone is 5. The molecule has 0 fully saturated rings. The molecule has 0 aromatic rings. The van der Waals surface area contributed by atoms with Crippen molar-refractivity contribution >= 4 is 5.91 Å². The van der Waals surface area contributed by atoms with Gasteiger partial charge in [-0.25, -0.2) is 0 Å². The van der Waals surface area contributed by atoms with Crippen molar-refractivity contribution in [1.82, 2.24) is 5.32 Å². The van der Waals surface area contributed by atoms with Gasteiger partial charge in [0.1, 0.15) is 0 Å². The van der Waals surface area contributed by atoms with Crippen LogP contribution in [0.3, 0.4) is 0 Å². The number of rotatable bonds is 58. The third-order valence-electron chi connectivity index (χ3n) is 14.6. The average Bonchev–Trinajstić information content (AvgIpc) is 3.34. The van der Waals surface area contributed by atoms with E-state index >= 15 is 0 Å². The van der Waals surface area contributed by atoms with Crippen molar-refractivity contribution < 1.29 is 15.0 Å². The van der Waals surface area contributed by atoms with E-state index in [1.165, 1.54) is 289 Å². The van der Waals surface area contributed by atoms with Crippen LogP contribution in [0.5, 0.6) is 0 Å². The van der Waals surface area contributed by atoms with Crippen LogP contribution in [0.2, 0.25) is 0 Å². The van der Waals surface area contributed by atoms with Gasteiger partial charge in [0.25, 0.3) is 0 Å². The fourth-order valence-electron chi connectivity index (χ4n) is 9.86. The second-order valence-corrected chi connectivity index (χ2v) is 21.5. The van der Waals surface area contributed by atoms with Crippen LogP contribution in [-0.2, 0) is 4.79 Å². The van der Waals surface area contributed by atoms with Gasteiger partial charge < -0.3 is 15.5 Å². The van der Waals surface area contributed by atoms with Crippen molar-refractivity contribution in [3.63, 3.8) is 0 Å². The number of aliphatic hydroxyl groups excluding tert-OH is 2. The summed E-state index contributed by atoms with van der Waals surface area (Å²) in [6, 6.07) is -0.643. The fourth-order valence-corrected chi connectivity index (χ4v) is 9.86. The Morgan fingerprint density at radius 2 is 0.574 bits per heavy atom. The van der Waals surface area contributed by atoms with Gasteiger partial charge in [-0.3, -0.25) is 4.79 Å². The Bertz CT molecular complexity index is 1040. The maximum absolute atomic E-state index is 12.5. The highest BCUT2D eigenvalue weighted by molar-refractivity contribution is 5.76. The van der Waals surface area contributed by atoms with E-state index in [-0.39, 0.29) is 12.5 Å². The van der Waals surface area contributed by atoms with Gasteiger partial charge in [0.2, 0.25) is 5.91 Å². The minimum atomic E-state index is -0.868. The zero-order valence-corrected chi connectivity index (χ0v) is 46.4. The topological polar surface area (TPSA) is 69.6 Å². The Morgan fingerprint density at radius 1 is 0.338 bits per heavy atom. The van der Waals surface area contributed by atoms with Gasteiger partial charge in [0.05, 0.1) is 18.8 Å². The molecule has 0 heterocycles. The van der Waals surface area contributed by atoms with Gasteiger partial charge in [0.15, 0.2) is 0 Å². The molecule has 0 saturated heterocycles. The van der Waals surface area contributed by atoms with Crippen LogP contribution in [0.4, 0.5) is 0 Å². The van der Waals surface area contributed by atoms with Gasteiger partial charge in [0, 0.05) is 6.42 Å². The molecule has 0 rings (SSSR count). The van der Waals surface area contributed by atoms with Crippen molar-refractivity contribution in [2.45, 2.75) is 360 Å². The van der Waals surface area contributed by atoms with E-state index in [9.17, 15) is 15.0 Å². The third-order valence-corrected chi connectivity index (χ3v) is 14.6. The minimum absolute atomic E-state index is 0.0721. The van der Waals surface area contributed by atoms with E-state index in [2.05, 4.69) is 43.5 Å². The lowest BCUT2D eigenvalue weighted by Crippen LogP contribution is -2.45. The number of unbranched alkanes of at least 4 members (excludes halogenated alkanes) is 47. The molecule has 4 heteroatoms. The lowest BCUT2D eigenvalue weighted by molar-refractivity contribution is -0.123. The van der Waals surface area contributed by atoms with E-state index in [1.54, 1.807) is 6.08 Å². The SMILES string of the molecule is CCCCCCCC/C=C/CC/C=C/CC/C=C/C(O)C(CO)NC(=O)CCCCCCCCCCCCCCCCCCCCCCCCCCCCCCCCCCCCCCCCCC. The average molecular weight is 955 g/mol. The highest BCUT2D eigenvalue weighted by Gasteiger charge is 2.18.